The molecule has 0 aliphatic heterocycles. The Hall–Kier alpha value is -4.00. The number of nitro groups is 1. The summed E-state index contributed by atoms with van der Waals surface area (Å²) in [7, 11) is 0. The second-order valence-corrected chi connectivity index (χ2v) is 6.99. The molecule has 0 aromatic heterocycles. The van der Waals surface area contributed by atoms with Crippen LogP contribution in [0.25, 0.3) is 0 Å². The molecule has 0 radical (unpaired) electrons. The third-order valence-corrected chi connectivity index (χ3v) is 4.77. The first-order valence-corrected chi connectivity index (χ1v) is 9.78. The number of non-ortho nitro benzene ring substituents is 1. The number of ether oxygens (including phenoxy) is 1. The summed E-state index contributed by atoms with van der Waals surface area (Å²) in [5.74, 6) is -0.824. The van der Waals surface area contributed by atoms with E-state index < -0.39 is 23.0 Å². The van der Waals surface area contributed by atoms with Crippen molar-refractivity contribution in [2.24, 2.45) is 0 Å². The summed E-state index contributed by atoms with van der Waals surface area (Å²) in [6.07, 6.45) is -0.754. The normalized spacial score (nSPS) is 12.4. The fourth-order valence-electron chi connectivity index (χ4n) is 3.14. The van der Waals surface area contributed by atoms with Crippen LogP contribution >= 0.6 is 0 Å². The van der Waals surface area contributed by atoms with Gasteiger partial charge in [-0.25, -0.2) is 0 Å². The smallest absolute Gasteiger partial charge is 0.308 e. The number of carbonyl (C=O) groups is 2. The lowest BCUT2D eigenvalue weighted by Gasteiger charge is -2.20. The van der Waals surface area contributed by atoms with E-state index in [9.17, 15) is 19.7 Å². The maximum Gasteiger partial charge on any atom is 0.308 e. The molecule has 0 fully saturated rings. The first kappa shape index (κ1) is 21.7. The average Bonchev–Trinajstić information content (AvgIpc) is 2.79. The van der Waals surface area contributed by atoms with E-state index in [1.165, 1.54) is 12.1 Å². The van der Waals surface area contributed by atoms with Gasteiger partial charge in [-0.05, 0) is 30.2 Å². The SMILES string of the molecule is C[C@@H](OC(=O)C[C@H](NC(=O)c1ccccc1)c1ccccc1)c1cccc([N+](=O)[O-])c1. The van der Waals surface area contributed by atoms with Crippen molar-refractivity contribution in [3.05, 3.63) is 112 Å². The van der Waals surface area contributed by atoms with Crippen LogP contribution in [0.4, 0.5) is 5.69 Å². The van der Waals surface area contributed by atoms with Gasteiger partial charge in [0.25, 0.3) is 11.6 Å². The molecule has 7 heteroatoms. The molecule has 0 heterocycles. The standard InChI is InChI=1S/C24H22N2O5/c1-17(20-13-8-14-21(15-20)26(29)30)31-23(27)16-22(18-9-4-2-5-10-18)25-24(28)19-11-6-3-7-12-19/h2-15,17,22H,16H2,1H3,(H,25,28)/t17-,22+/m1/s1. The Bertz CT molecular complexity index is 1050. The molecule has 0 spiro atoms. The Morgan fingerprint density at radius 3 is 2.19 bits per heavy atom. The highest BCUT2D eigenvalue weighted by Gasteiger charge is 2.22. The Balaban J connectivity index is 1.71. The number of carbonyl (C=O) groups excluding carboxylic acids is 2. The van der Waals surface area contributed by atoms with E-state index in [1.54, 1.807) is 43.3 Å². The molecule has 3 rings (SSSR count). The lowest BCUT2D eigenvalue weighted by atomic mass is 10.0. The Labute approximate surface area is 179 Å². The van der Waals surface area contributed by atoms with Gasteiger partial charge >= 0.3 is 5.97 Å². The summed E-state index contributed by atoms with van der Waals surface area (Å²) < 4.78 is 5.50. The minimum atomic E-state index is -0.673. The van der Waals surface area contributed by atoms with Crippen molar-refractivity contribution in [3.63, 3.8) is 0 Å². The number of amides is 1. The largest absolute Gasteiger partial charge is 0.458 e. The maximum absolute atomic E-state index is 12.6. The molecule has 0 saturated heterocycles. The molecular formula is C24H22N2O5. The Morgan fingerprint density at radius 1 is 0.935 bits per heavy atom. The minimum Gasteiger partial charge on any atom is -0.458 e. The summed E-state index contributed by atoms with van der Waals surface area (Å²) in [6, 6.07) is 23.3. The third kappa shape index (κ3) is 5.99. The van der Waals surface area contributed by atoms with E-state index in [2.05, 4.69) is 5.32 Å². The van der Waals surface area contributed by atoms with Crippen LogP contribution in [0, 0.1) is 10.1 Å². The van der Waals surface area contributed by atoms with E-state index >= 15 is 0 Å². The number of nitrogens with one attached hydrogen (secondary N) is 1. The molecule has 1 amide bonds. The monoisotopic (exact) mass is 418 g/mol. The van der Waals surface area contributed by atoms with Crippen LogP contribution in [0.2, 0.25) is 0 Å². The van der Waals surface area contributed by atoms with Crippen LogP contribution in [-0.2, 0) is 9.53 Å². The molecule has 158 valence electrons. The van der Waals surface area contributed by atoms with E-state index in [0.717, 1.165) is 5.56 Å². The van der Waals surface area contributed by atoms with Gasteiger partial charge in [-0.1, -0.05) is 60.7 Å². The van der Waals surface area contributed by atoms with Crippen LogP contribution in [-0.4, -0.2) is 16.8 Å². The Kier molecular flexibility index (Phi) is 7.11. The van der Waals surface area contributed by atoms with Crippen molar-refractivity contribution in [1.29, 1.82) is 0 Å². The molecule has 0 unspecified atom stereocenters. The average molecular weight is 418 g/mol. The van der Waals surface area contributed by atoms with Gasteiger partial charge in [-0.15, -0.1) is 0 Å². The van der Waals surface area contributed by atoms with Crippen molar-refractivity contribution in [1.82, 2.24) is 5.32 Å². The number of nitrogens with zero attached hydrogens (tertiary/aromatic N) is 1. The number of esters is 1. The lowest BCUT2D eigenvalue weighted by Crippen LogP contribution is -2.30. The second-order valence-electron chi connectivity index (χ2n) is 6.99. The molecule has 2 atom stereocenters. The second kappa shape index (κ2) is 10.2. The quantitative estimate of drug-likeness (QED) is 0.323. The molecule has 1 N–H and O–H groups in total. The summed E-state index contributed by atoms with van der Waals surface area (Å²) in [5, 5.41) is 13.9. The van der Waals surface area contributed by atoms with Crippen LogP contribution < -0.4 is 5.32 Å². The van der Waals surface area contributed by atoms with Crippen LogP contribution in [0.3, 0.4) is 0 Å². The first-order chi connectivity index (χ1) is 14.9. The molecule has 0 aliphatic rings. The van der Waals surface area contributed by atoms with Gasteiger partial charge in [0.2, 0.25) is 0 Å². The molecule has 0 bridgehead atoms. The number of nitro benzene ring substituents is 1. The third-order valence-electron chi connectivity index (χ3n) is 4.77. The van der Waals surface area contributed by atoms with Crippen LogP contribution in [0.5, 0.6) is 0 Å². The number of hydrogen-bond donors (Lipinski definition) is 1. The zero-order valence-corrected chi connectivity index (χ0v) is 16.9. The van der Waals surface area contributed by atoms with E-state index in [0.29, 0.717) is 11.1 Å². The van der Waals surface area contributed by atoms with Crippen LogP contribution in [0.1, 0.15) is 47.0 Å². The highest BCUT2D eigenvalue weighted by Crippen LogP contribution is 2.24. The van der Waals surface area contributed by atoms with Crippen molar-refractivity contribution in [2.45, 2.75) is 25.5 Å². The van der Waals surface area contributed by atoms with Gasteiger partial charge in [0.15, 0.2) is 0 Å². The van der Waals surface area contributed by atoms with Crippen molar-refractivity contribution in [2.75, 3.05) is 0 Å². The number of rotatable bonds is 8. The summed E-state index contributed by atoms with van der Waals surface area (Å²) in [6.45, 7) is 1.65. The molecular weight excluding hydrogens is 396 g/mol. The topological polar surface area (TPSA) is 98.5 Å². The van der Waals surface area contributed by atoms with E-state index in [-0.39, 0.29) is 18.0 Å². The van der Waals surface area contributed by atoms with E-state index in [1.807, 2.05) is 36.4 Å². The molecule has 0 saturated carbocycles. The molecule has 3 aromatic rings. The van der Waals surface area contributed by atoms with Crippen molar-refractivity contribution < 1.29 is 19.2 Å². The highest BCUT2D eigenvalue weighted by atomic mass is 16.6. The van der Waals surface area contributed by atoms with Gasteiger partial charge in [-0.2, -0.15) is 0 Å². The molecule has 3 aromatic carbocycles. The summed E-state index contributed by atoms with van der Waals surface area (Å²) in [5.41, 5.74) is 1.71. The van der Waals surface area contributed by atoms with Crippen LogP contribution in [0.15, 0.2) is 84.9 Å². The summed E-state index contributed by atoms with van der Waals surface area (Å²) in [4.78, 5) is 35.7. The predicted molar refractivity (Wildman–Crippen MR) is 115 cm³/mol. The Morgan fingerprint density at radius 2 is 1.55 bits per heavy atom. The van der Waals surface area contributed by atoms with Gasteiger partial charge in [-0.3, -0.25) is 19.7 Å². The van der Waals surface area contributed by atoms with E-state index in [4.69, 9.17) is 4.74 Å². The van der Waals surface area contributed by atoms with Gasteiger partial charge in [0, 0.05) is 17.7 Å². The first-order valence-electron chi connectivity index (χ1n) is 9.78. The predicted octanol–water partition coefficient (Wildman–Crippen LogP) is 4.76. The minimum absolute atomic E-state index is 0.0716. The van der Waals surface area contributed by atoms with Gasteiger partial charge in [0.1, 0.15) is 6.10 Å². The zero-order valence-electron chi connectivity index (χ0n) is 16.9. The van der Waals surface area contributed by atoms with Crippen molar-refractivity contribution in [3.8, 4) is 0 Å². The maximum atomic E-state index is 12.6. The molecule has 7 nitrogen and oxygen atoms in total. The number of hydrogen-bond acceptors (Lipinski definition) is 5. The molecule has 0 aliphatic carbocycles. The van der Waals surface area contributed by atoms with Crippen molar-refractivity contribution >= 4 is 17.6 Å². The van der Waals surface area contributed by atoms with Gasteiger partial charge in [0.05, 0.1) is 17.4 Å². The summed E-state index contributed by atoms with van der Waals surface area (Å²) >= 11 is 0. The van der Waals surface area contributed by atoms with Gasteiger partial charge < -0.3 is 10.1 Å². The molecule has 31 heavy (non-hydrogen) atoms. The fourth-order valence-corrected chi connectivity index (χ4v) is 3.14. The fraction of sp³-hybridized carbons (Fsp3) is 0.167. The number of benzene rings is 3. The lowest BCUT2D eigenvalue weighted by molar-refractivity contribution is -0.385. The zero-order chi connectivity index (χ0) is 22.2. The highest BCUT2D eigenvalue weighted by molar-refractivity contribution is 5.94.